The van der Waals surface area contributed by atoms with Crippen LogP contribution in [0.1, 0.15) is 50.4 Å². The lowest BCUT2D eigenvalue weighted by Crippen LogP contribution is -2.48. The summed E-state index contributed by atoms with van der Waals surface area (Å²) in [5.74, 6) is -0.457. The average Bonchev–Trinajstić information content (AvgIpc) is 3.45. The number of hydrogen-bond donors (Lipinski definition) is 2. The zero-order valence-electron chi connectivity index (χ0n) is 24.1. The Balaban J connectivity index is 1.98. The van der Waals surface area contributed by atoms with Gasteiger partial charge in [-0.2, -0.15) is 4.31 Å². The molecular weight excluding hydrogens is 591 g/mol. The molecule has 1 aliphatic heterocycles. The summed E-state index contributed by atoms with van der Waals surface area (Å²) in [5.41, 5.74) is 0.369. The maximum absolute atomic E-state index is 14.0. The predicted molar refractivity (Wildman–Crippen MR) is 159 cm³/mol. The number of hydrogen-bond acceptors (Lipinski definition) is 9. The summed E-state index contributed by atoms with van der Waals surface area (Å²) >= 11 is 1.14. The van der Waals surface area contributed by atoms with Crippen LogP contribution in [0.2, 0.25) is 0 Å². The summed E-state index contributed by atoms with van der Waals surface area (Å²) in [4.78, 5) is 15.5. The van der Waals surface area contributed by atoms with Crippen molar-refractivity contribution in [3.8, 4) is 5.75 Å². The average molecular weight is 632 g/mol. The predicted octanol–water partition coefficient (Wildman–Crippen LogP) is 3.24. The number of amides is 1. The second kappa shape index (κ2) is 14.3. The van der Waals surface area contributed by atoms with Crippen LogP contribution in [0.5, 0.6) is 5.75 Å². The van der Waals surface area contributed by atoms with Crippen molar-refractivity contribution < 1.29 is 36.2 Å². The van der Waals surface area contributed by atoms with Crippen LogP contribution in [0.3, 0.4) is 0 Å². The topological polar surface area (TPSA) is 143 Å². The number of rotatable bonds is 8. The monoisotopic (exact) mass is 631 g/mol. The van der Waals surface area contributed by atoms with Gasteiger partial charge in [0, 0.05) is 38.3 Å². The number of nitrogens with one attached hydrogen (secondary N) is 1. The molecule has 0 fully saturated rings. The normalized spacial score (nSPS) is 22.5. The molecule has 1 amide bonds. The van der Waals surface area contributed by atoms with Gasteiger partial charge in [0.05, 0.1) is 36.7 Å². The van der Waals surface area contributed by atoms with Crippen molar-refractivity contribution in [3.05, 3.63) is 41.3 Å². The second-order valence-corrected chi connectivity index (χ2v) is 15.6. The molecule has 2 aromatic rings. The molecule has 14 heteroatoms. The molecule has 2 heterocycles. The van der Waals surface area contributed by atoms with Crippen molar-refractivity contribution >= 4 is 43.0 Å². The Morgan fingerprint density at radius 3 is 2.56 bits per heavy atom. The summed E-state index contributed by atoms with van der Waals surface area (Å²) in [5, 5.41) is 11.8. The Labute approximate surface area is 247 Å². The summed E-state index contributed by atoms with van der Waals surface area (Å²) in [6, 6.07) is 7.21. The van der Waals surface area contributed by atoms with E-state index in [1.807, 2.05) is 13.8 Å². The van der Waals surface area contributed by atoms with Crippen molar-refractivity contribution in [2.75, 3.05) is 44.3 Å². The Kier molecular flexibility index (Phi) is 11.6. The number of anilines is 1. The standard InChI is InChI=1S/C27H41N3O8S3/c1-19-16-30(20(2)18-31)27(32)23-15-22(28-40(5,33)34)11-12-24(23)38-21(3)9-6-7-13-37-25(19)17-29(4)41(35,36)26-10-8-14-39-26/h8,10-12,14-15,19-21,25,28,31H,6-7,9,13,16-18H2,1-5H3/t19-,20+,21-,25+/m1/s1. The van der Waals surface area contributed by atoms with Gasteiger partial charge in [-0.05, 0) is 62.8 Å². The third kappa shape index (κ3) is 9.13. The van der Waals surface area contributed by atoms with Crippen molar-refractivity contribution in [1.82, 2.24) is 9.21 Å². The molecule has 1 aromatic carbocycles. The Morgan fingerprint density at radius 2 is 1.93 bits per heavy atom. The fourth-order valence-electron chi connectivity index (χ4n) is 4.58. The van der Waals surface area contributed by atoms with Crippen molar-refractivity contribution in [1.29, 1.82) is 0 Å². The van der Waals surface area contributed by atoms with Crippen LogP contribution in [0.25, 0.3) is 0 Å². The minimum atomic E-state index is -3.71. The number of likely N-dealkylation sites (N-methyl/N-ethyl adjacent to an activating group) is 1. The second-order valence-electron chi connectivity index (χ2n) is 10.6. The highest BCUT2D eigenvalue weighted by Crippen LogP contribution is 2.29. The van der Waals surface area contributed by atoms with Crippen molar-refractivity contribution in [2.45, 2.75) is 62.5 Å². The number of nitrogens with zero attached hydrogens (tertiary/aromatic N) is 2. The first-order valence-corrected chi connectivity index (χ1v) is 17.8. The van der Waals surface area contributed by atoms with E-state index in [2.05, 4.69) is 4.72 Å². The number of carbonyl (C=O) groups is 1. The lowest BCUT2D eigenvalue weighted by Gasteiger charge is -2.35. The maximum atomic E-state index is 14.0. The van der Waals surface area contributed by atoms with Gasteiger partial charge in [0.2, 0.25) is 10.0 Å². The van der Waals surface area contributed by atoms with Crippen LogP contribution in [0.15, 0.2) is 39.9 Å². The minimum Gasteiger partial charge on any atom is -0.490 e. The smallest absolute Gasteiger partial charge is 0.258 e. The van der Waals surface area contributed by atoms with Gasteiger partial charge in [0.15, 0.2) is 0 Å². The highest BCUT2D eigenvalue weighted by atomic mass is 32.2. The van der Waals surface area contributed by atoms with Gasteiger partial charge < -0.3 is 19.5 Å². The quantitative estimate of drug-likeness (QED) is 0.452. The lowest BCUT2D eigenvalue weighted by molar-refractivity contribution is -0.00832. The molecular formula is C27H41N3O8S3. The SMILES string of the molecule is C[C@@H]1CCCCO[C@@H](CN(C)S(=O)(=O)c2cccs2)[C@H](C)CN([C@@H](C)CO)C(=O)c2cc(NS(C)(=O)=O)ccc2O1. The fourth-order valence-corrected chi connectivity index (χ4v) is 7.52. The molecule has 230 valence electrons. The van der Waals surface area contributed by atoms with Crippen LogP contribution >= 0.6 is 11.3 Å². The van der Waals surface area contributed by atoms with E-state index in [1.54, 1.807) is 36.6 Å². The first kappa shape index (κ1) is 33.3. The maximum Gasteiger partial charge on any atom is 0.258 e. The largest absolute Gasteiger partial charge is 0.490 e. The number of ether oxygens (including phenoxy) is 2. The van der Waals surface area contributed by atoms with E-state index in [4.69, 9.17) is 9.47 Å². The first-order chi connectivity index (χ1) is 19.2. The molecule has 3 rings (SSSR count). The van der Waals surface area contributed by atoms with Crippen LogP contribution in [-0.2, 0) is 24.8 Å². The number of benzene rings is 1. The van der Waals surface area contributed by atoms with Crippen LogP contribution in [-0.4, -0.2) is 94.9 Å². The third-order valence-electron chi connectivity index (χ3n) is 6.95. The number of aliphatic hydroxyl groups is 1. The van der Waals surface area contributed by atoms with Crippen LogP contribution in [0, 0.1) is 5.92 Å². The highest BCUT2D eigenvalue weighted by molar-refractivity contribution is 7.92. The molecule has 0 aliphatic carbocycles. The van der Waals surface area contributed by atoms with Gasteiger partial charge in [-0.1, -0.05) is 13.0 Å². The van der Waals surface area contributed by atoms with E-state index < -0.39 is 38.1 Å². The molecule has 0 radical (unpaired) electrons. The Hall–Kier alpha value is -2.23. The van der Waals surface area contributed by atoms with E-state index >= 15 is 0 Å². The van der Waals surface area contributed by atoms with Crippen LogP contribution in [0.4, 0.5) is 5.69 Å². The van der Waals surface area contributed by atoms with E-state index in [0.717, 1.165) is 30.4 Å². The van der Waals surface area contributed by atoms with E-state index in [0.29, 0.717) is 18.8 Å². The number of sulfonamides is 2. The molecule has 1 aromatic heterocycles. The van der Waals surface area contributed by atoms with Crippen molar-refractivity contribution in [3.63, 3.8) is 0 Å². The van der Waals surface area contributed by atoms with Gasteiger partial charge in [-0.15, -0.1) is 11.3 Å². The summed E-state index contributed by atoms with van der Waals surface area (Å²) in [6.07, 6.45) is 2.46. The van der Waals surface area contributed by atoms with Gasteiger partial charge in [-0.3, -0.25) is 9.52 Å². The number of thiophene rings is 1. The van der Waals surface area contributed by atoms with Gasteiger partial charge in [-0.25, -0.2) is 16.8 Å². The summed E-state index contributed by atoms with van der Waals surface area (Å²) in [7, 11) is -5.79. The fraction of sp³-hybridized carbons (Fsp3) is 0.593. The van der Waals surface area contributed by atoms with E-state index in [-0.39, 0.29) is 47.2 Å². The van der Waals surface area contributed by atoms with E-state index in [9.17, 15) is 26.7 Å². The van der Waals surface area contributed by atoms with Gasteiger partial charge >= 0.3 is 0 Å². The molecule has 1 aliphatic rings. The number of aliphatic hydroxyl groups excluding tert-OH is 1. The zero-order valence-corrected chi connectivity index (χ0v) is 26.6. The molecule has 0 saturated heterocycles. The number of carbonyl (C=O) groups excluding carboxylic acids is 1. The molecule has 11 nitrogen and oxygen atoms in total. The zero-order chi connectivity index (χ0) is 30.4. The molecule has 0 saturated carbocycles. The molecule has 0 unspecified atom stereocenters. The lowest BCUT2D eigenvalue weighted by atomic mass is 10.0. The molecule has 4 atom stereocenters. The highest BCUT2D eigenvalue weighted by Gasteiger charge is 2.32. The minimum absolute atomic E-state index is 0.0788. The summed E-state index contributed by atoms with van der Waals surface area (Å²) in [6.45, 7) is 5.81. The molecule has 0 bridgehead atoms. The van der Waals surface area contributed by atoms with Crippen molar-refractivity contribution in [2.24, 2.45) is 5.92 Å². The van der Waals surface area contributed by atoms with Gasteiger partial charge in [0.1, 0.15) is 9.96 Å². The Morgan fingerprint density at radius 1 is 1.20 bits per heavy atom. The Bertz CT molecular complexity index is 1370. The van der Waals surface area contributed by atoms with Gasteiger partial charge in [0.25, 0.3) is 15.9 Å². The molecule has 2 N–H and O–H groups in total. The number of fused-ring (bicyclic) bond motifs is 1. The van der Waals surface area contributed by atoms with E-state index in [1.165, 1.54) is 22.3 Å². The third-order valence-corrected chi connectivity index (χ3v) is 10.8. The van der Waals surface area contributed by atoms with Crippen LogP contribution < -0.4 is 9.46 Å². The molecule has 0 spiro atoms. The summed E-state index contributed by atoms with van der Waals surface area (Å²) < 4.78 is 66.3. The molecule has 41 heavy (non-hydrogen) atoms. The first-order valence-electron chi connectivity index (χ1n) is 13.5.